The van der Waals surface area contributed by atoms with E-state index in [0.29, 0.717) is 23.5 Å². The fourth-order valence-corrected chi connectivity index (χ4v) is 1.56. The third-order valence-corrected chi connectivity index (χ3v) is 2.15. The molecule has 76 valence electrons. The highest BCUT2D eigenvalue weighted by Gasteiger charge is 2.18. The highest BCUT2D eigenvalue weighted by atomic mass is 35.5. The summed E-state index contributed by atoms with van der Waals surface area (Å²) < 4.78 is 10.8. The van der Waals surface area contributed by atoms with E-state index < -0.39 is 0 Å². The fraction of sp³-hybridized carbons (Fsp3) is 0.556. The van der Waals surface area contributed by atoms with Crippen LogP contribution >= 0.6 is 11.6 Å². The smallest absolute Gasteiger partial charge is 0.218 e. The lowest BCUT2D eigenvalue weighted by Crippen LogP contribution is -2.16. The van der Waals surface area contributed by atoms with Gasteiger partial charge < -0.3 is 9.47 Å². The van der Waals surface area contributed by atoms with Crippen molar-refractivity contribution >= 4 is 11.6 Å². The van der Waals surface area contributed by atoms with Gasteiger partial charge in [0.15, 0.2) is 0 Å². The average molecular weight is 215 g/mol. The van der Waals surface area contributed by atoms with Gasteiger partial charge in [0.2, 0.25) is 5.88 Å². The minimum atomic E-state index is 0.0976. The third-order valence-electron chi connectivity index (χ3n) is 1.96. The average Bonchev–Trinajstić information content (AvgIpc) is 2.54. The summed E-state index contributed by atoms with van der Waals surface area (Å²) >= 11 is 5.77. The van der Waals surface area contributed by atoms with Gasteiger partial charge in [-0.15, -0.1) is 0 Å². The molecule has 1 aliphatic heterocycles. The van der Waals surface area contributed by atoms with Gasteiger partial charge in [-0.05, 0) is 6.92 Å². The Kier molecular flexibility index (Phi) is 2.84. The van der Waals surface area contributed by atoms with E-state index in [-0.39, 0.29) is 6.10 Å². The Hall–Kier alpha value is -0.870. The van der Waals surface area contributed by atoms with Gasteiger partial charge in [0.1, 0.15) is 17.1 Å². The molecular formula is C9H11ClN2O2. The van der Waals surface area contributed by atoms with Crippen molar-refractivity contribution in [1.82, 2.24) is 9.97 Å². The molecule has 1 atom stereocenters. The first kappa shape index (κ1) is 9.68. The zero-order valence-electron chi connectivity index (χ0n) is 7.86. The summed E-state index contributed by atoms with van der Waals surface area (Å²) in [6, 6.07) is 1.62. The lowest BCUT2D eigenvalue weighted by Gasteiger charge is -2.10. The van der Waals surface area contributed by atoms with Gasteiger partial charge >= 0.3 is 0 Å². The standard InChI is InChI=1S/C9H11ClN2O2/c1-6-11-8(10)4-9(12-6)14-7-2-3-13-5-7/h4,7H,2-3,5H2,1H3. The van der Waals surface area contributed by atoms with Crippen molar-refractivity contribution in [3.8, 4) is 5.88 Å². The molecule has 0 amide bonds. The van der Waals surface area contributed by atoms with Crippen LogP contribution < -0.4 is 4.74 Å². The van der Waals surface area contributed by atoms with E-state index in [2.05, 4.69) is 9.97 Å². The normalized spacial score (nSPS) is 21.1. The zero-order valence-corrected chi connectivity index (χ0v) is 8.62. The molecule has 2 heterocycles. The molecule has 4 nitrogen and oxygen atoms in total. The van der Waals surface area contributed by atoms with Crippen molar-refractivity contribution in [2.75, 3.05) is 13.2 Å². The molecule has 14 heavy (non-hydrogen) atoms. The molecular weight excluding hydrogens is 204 g/mol. The first-order valence-electron chi connectivity index (χ1n) is 4.49. The molecule has 1 unspecified atom stereocenters. The number of hydrogen-bond donors (Lipinski definition) is 0. The minimum absolute atomic E-state index is 0.0976. The molecule has 1 saturated heterocycles. The molecule has 0 N–H and O–H groups in total. The zero-order chi connectivity index (χ0) is 9.97. The summed E-state index contributed by atoms with van der Waals surface area (Å²) in [6.45, 7) is 3.16. The van der Waals surface area contributed by atoms with E-state index in [1.807, 2.05) is 0 Å². The second kappa shape index (κ2) is 4.11. The summed E-state index contributed by atoms with van der Waals surface area (Å²) in [5, 5.41) is 0.409. The lowest BCUT2D eigenvalue weighted by molar-refractivity contribution is 0.138. The minimum Gasteiger partial charge on any atom is -0.472 e. The Morgan fingerprint density at radius 3 is 3.07 bits per heavy atom. The molecule has 0 bridgehead atoms. The predicted molar refractivity (Wildman–Crippen MR) is 51.6 cm³/mol. The van der Waals surface area contributed by atoms with Crippen LogP contribution in [0.5, 0.6) is 5.88 Å². The van der Waals surface area contributed by atoms with Crippen LogP contribution in [0.15, 0.2) is 6.07 Å². The van der Waals surface area contributed by atoms with Crippen LogP contribution in [0.1, 0.15) is 12.2 Å². The predicted octanol–water partition coefficient (Wildman–Crippen LogP) is 1.61. The molecule has 5 heteroatoms. The molecule has 0 saturated carbocycles. The van der Waals surface area contributed by atoms with Crippen molar-refractivity contribution < 1.29 is 9.47 Å². The van der Waals surface area contributed by atoms with Gasteiger partial charge in [-0.25, -0.2) is 4.98 Å². The molecule has 0 aromatic carbocycles. The SMILES string of the molecule is Cc1nc(Cl)cc(OC2CCOC2)n1. The molecule has 1 aromatic rings. The largest absolute Gasteiger partial charge is 0.472 e. The van der Waals surface area contributed by atoms with Gasteiger partial charge in [-0.1, -0.05) is 11.6 Å². The van der Waals surface area contributed by atoms with Crippen LogP contribution in [0.3, 0.4) is 0 Å². The summed E-state index contributed by atoms with van der Waals surface area (Å²) in [5.74, 6) is 1.14. The van der Waals surface area contributed by atoms with E-state index in [4.69, 9.17) is 21.1 Å². The molecule has 0 aliphatic carbocycles. The number of hydrogen-bond acceptors (Lipinski definition) is 4. The van der Waals surface area contributed by atoms with Crippen molar-refractivity contribution in [3.05, 3.63) is 17.0 Å². The molecule has 0 radical (unpaired) electrons. The van der Waals surface area contributed by atoms with Gasteiger partial charge in [0.25, 0.3) is 0 Å². The Balaban J connectivity index is 2.07. The van der Waals surface area contributed by atoms with Gasteiger partial charge in [-0.3, -0.25) is 0 Å². The van der Waals surface area contributed by atoms with E-state index in [0.717, 1.165) is 13.0 Å². The van der Waals surface area contributed by atoms with E-state index in [1.165, 1.54) is 0 Å². The Morgan fingerprint density at radius 2 is 2.43 bits per heavy atom. The van der Waals surface area contributed by atoms with Crippen LogP contribution in [0.2, 0.25) is 5.15 Å². The molecule has 0 spiro atoms. The number of aryl methyl sites for hydroxylation is 1. The highest BCUT2D eigenvalue weighted by molar-refractivity contribution is 6.29. The number of rotatable bonds is 2. The molecule has 1 fully saturated rings. The van der Waals surface area contributed by atoms with Crippen molar-refractivity contribution in [2.24, 2.45) is 0 Å². The summed E-state index contributed by atoms with van der Waals surface area (Å²) in [7, 11) is 0. The molecule has 1 aliphatic rings. The summed E-state index contributed by atoms with van der Waals surface area (Å²) in [4.78, 5) is 8.08. The number of aromatic nitrogens is 2. The maximum absolute atomic E-state index is 5.77. The number of nitrogens with zero attached hydrogens (tertiary/aromatic N) is 2. The van der Waals surface area contributed by atoms with Crippen LogP contribution in [-0.4, -0.2) is 29.3 Å². The quantitative estimate of drug-likeness (QED) is 0.702. The second-order valence-electron chi connectivity index (χ2n) is 3.18. The van der Waals surface area contributed by atoms with Gasteiger partial charge in [-0.2, -0.15) is 4.98 Å². The van der Waals surface area contributed by atoms with Crippen LogP contribution in [0.25, 0.3) is 0 Å². The van der Waals surface area contributed by atoms with Crippen LogP contribution in [0.4, 0.5) is 0 Å². The van der Waals surface area contributed by atoms with Crippen molar-refractivity contribution in [2.45, 2.75) is 19.4 Å². The Bertz CT molecular complexity index is 306. The first-order valence-corrected chi connectivity index (χ1v) is 4.87. The maximum atomic E-state index is 5.77. The van der Waals surface area contributed by atoms with Crippen LogP contribution in [0, 0.1) is 6.92 Å². The van der Waals surface area contributed by atoms with E-state index in [9.17, 15) is 0 Å². The monoisotopic (exact) mass is 214 g/mol. The Labute approximate surface area is 87.2 Å². The van der Waals surface area contributed by atoms with Crippen LogP contribution in [-0.2, 0) is 4.74 Å². The van der Waals surface area contributed by atoms with Crippen molar-refractivity contribution in [3.63, 3.8) is 0 Å². The molecule has 2 rings (SSSR count). The second-order valence-corrected chi connectivity index (χ2v) is 3.57. The third kappa shape index (κ3) is 2.33. The highest BCUT2D eigenvalue weighted by Crippen LogP contribution is 2.17. The van der Waals surface area contributed by atoms with E-state index >= 15 is 0 Å². The van der Waals surface area contributed by atoms with E-state index in [1.54, 1.807) is 13.0 Å². The molecule has 1 aromatic heterocycles. The summed E-state index contributed by atoms with van der Waals surface area (Å²) in [5.41, 5.74) is 0. The summed E-state index contributed by atoms with van der Waals surface area (Å²) in [6.07, 6.45) is 1.00. The van der Waals surface area contributed by atoms with Gasteiger partial charge in [0, 0.05) is 12.5 Å². The Morgan fingerprint density at radius 1 is 1.57 bits per heavy atom. The topological polar surface area (TPSA) is 44.2 Å². The number of ether oxygens (including phenoxy) is 2. The fourth-order valence-electron chi connectivity index (χ4n) is 1.34. The number of halogens is 1. The van der Waals surface area contributed by atoms with Gasteiger partial charge in [0.05, 0.1) is 13.2 Å². The lowest BCUT2D eigenvalue weighted by atomic mass is 10.3. The maximum Gasteiger partial charge on any atom is 0.218 e. The van der Waals surface area contributed by atoms with Crippen molar-refractivity contribution in [1.29, 1.82) is 0 Å². The first-order chi connectivity index (χ1) is 6.74.